The van der Waals surface area contributed by atoms with E-state index in [0.29, 0.717) is 5.52 Å². The number of aliphatic hydroxyl groups is 1. The van der Waals surface area contributed by atoms with Crippen molar-refractivity contribution in [3.63, 3.8) is 0 Å². The summed E-state index contributed by atoms with van der Waals surface area (Å²) in [6.07, 6.45) is 0.848. The van der Waals surface area contributed by atoms with Crippen LogP contribution in [-0.2, 0) is 0 Å². The maximum absolute atomic E-state index is 13.6. The fourth-order valence-corrected chi connectivity index (χ4v) is 1.24. The lowest BCUT2D eigenvalue weighted by Gasteiger charge is -2.02. The molecule has 0 radical (unpaired) electrons. The average Bonchev–Trinajstić information content (AvgIpc) is 2.71. The molecule has 0 aliphatic rings. The van der Waals surface area contributed by atoms with E-state index in [0.717, 1.165) is 4.57 Å². The van der Waals surface area contributed by atoms with E-state index < -0.39 is 12.9 Å². The molecule has 0 aliphatic heterocycles. The van der Waals surface area contributed by atoms with Crippen LogP contribution in [0.25, 0.3) is 11.2 Å². The SMILES string of the molecule is Nc1ncnc2c1ncn2C(F)C#CCO. The standard InChI is InChI=1S/C9H8FN5O/c10-6(2-1-3-16)15-5-14-7-8(11)12-4-13-9(7)15/h4-6,16H,3H2,(H2,11,12,13). The first-order valence-corrected chi connectivity index (χ1v) is 4.40. The number of aliphatic hydroxyl groups excluding tert-OH is 1. The van der Waals surface area contributed by atoms with Crippen LogP contribution in [0.2, 0.25) is 0 Å². The lowest BCUT2D eigenvalue weighted by molar-refractivity contribution is 0.321. The summed E-state index contributed by atoms with van der Waals surface area (Å²) < 4.78 is 14.7. The van der Waals surface area contributed by atoms with E-state index in [9.17, 15) is 4.39 Å². The van der Waals surface area contributed by atoms with Crippen molar-refractivity contribution in [2.24, 2.45) is 0 Å². The first kappa shape index (κ1) is 10.3. The second kappa shape index (κ2) is 4.12. The summed E-state index contributed by atoms with van der Waals surface area (Å²) in [5.74, 6) is 4.61. The van der Waals surface area contributed by atoms with Gasteiger partial charge in [0, 0.05) is 0 Å². The van der Waals surface area contributed by atoms with Gasteiger partial charge in [-0.1, -0.05) is 5.92 Å². The molecule has 2 aromatic heterocycles. The minimum Gasteiger partial charge on any atom is -0.384 e. The van der Waals surface area contributed by atoms with Crippen molar-refractivity contribution in [1.29, 1.82) is 0 Å². The number of nitrogens with zero attached hydrogens (tertiary/aromatic N) is 4. The highest BCUT2D eigenvalue weighted by Gasteiger charge is 2.12. The predicted molar refractivity (Wildman–Crippen MR) is 54.7 cm³/mol. The zero-order valence-corrected chi connectivity index (χ0v) is 8.13. The van der Waals surface area contributed by atoms with Gasteiger partial charge < -0.3 is 10.8 Å². The summed E-state index contributed by atoms with van der Waals surface area (Å²) in [4.78, 5) is 11.5. The van der Waals surface area contributed by atoms with Crippen LogP contribution < -0.4 is 5.73 Å². The van der Waals surface area contributed by atoms with Gasteiger partial charge in [-0.15, -0.1) is 0 Å². The Morgan fingerprint density at radius 2 is 2.31 bits per heavy atom. The van der Waals surface area contributed by atoms with Gasteiger partial charge in [0.1, 0.15) is 24.8 Å². The zero-order valence-electron chi connectivity index (χ0n) is 8.13. The lowest BCUT2D eigenvalue weighted by Crippen LogP contribution is -2.02. The number of fused-ring (bicyclic) bond motifs is 1. The number of nitrogens with two attached hydrogens (primary N) is 1. The summed E-state index contributed by atoms with van der Waals surface area (Å²) >= 11 is 0. The highest BCUT2D eigenvalue weighted by atomic mass is 19.1. The van der Waals surface area contributed by atoms with E-state index in [4.69, 9.17) is 10.8 Å². The Kier molecular flexibility index (Phi) is 2.66. The summed E-state index contributed by atoms with van der Waals surface area (Å²) in [6.45, 7) is -0.399. The number of halogens is 1. The van der Waals surface area contributed by atoms with Crippen molar-refractivity contribution < 1.29 is 9.50 Å². The highest BCUT2D eigenvalue weighted by Crippen LogP contribution is 2.18. The van der Waals surface area contributed by atoms with E-state index in [1.54, 1.807) is 0 Å². The molecule has 0 saturated heterocycles. The number of hydrogen-bond donors (Lipinski definition) is 2. The van der Waals surface area contributed by atoms with Gasteiger partial charge >= 0.3 is 0 Å². The van der Waals surface area contributed by atoms with Crippen molar-refractivity contribution in [2.75, 3.05) is 12.3 Å². The normalized spacial score (nSPS) is 12.1. The third kappa shape index (κ3) is 1.66. The quantitative estimate of drug-likeness (QED) is 0.655. The molecule has 1 atom stereocenters. The fraction of sp³-hybridized carbons (Fsp3) is 0.222. The minimum absolute atomic E-state index is 0.186. The van der Waals surface area contributed by atoms with E-state index in [-0.39, 0.29) is 11.5 Å². The van der Waals surface area contributed by atoms with E-state index in [1.807, 2.05) is 0 Å². The molecule has 82 valence electrons. The Bertz CT molecular complexity index is 570. The van der Waals surface area contributed by atoms with Crippen LogP contribution in [-0.4, -0.2) is 31.2 Å². The largest absolute Gasteiger partial charge is 0.384 e. The maximum atomic E-state index is 13.6. The number of rotatable bonds is 1. The second-order valence-corrected chi connectivity index (χ2v) is 2.90. The maximum Gasteiger partial charge on any atom is 0.240 e. The third-order valence-electron chi connectivity index (χ3n) is 1.93. The van der Waals surface area contributed by atoms with Crippen molar-refractivity contribution in [2.45, 2.75) is 6.30 Å². The summed E-state index contributed by atoms with van der Waals surface area (Å²) in [6, 6.07) is 0. The van der Waals surface area contributed by atoms with Crippen LogP contribution in [0.3, 0.4) is 0 Å². The second-order valence-electron chi connectivity index (χ2n) is 2.90. The molecule has 7 heteroatoms. The van der Waals surface area contributed by atoms with Crippen LogP contribution in [0.1, 0.15) is 6.30 Å². The number of alkyl halides is 1. The van der Waals surface area contributed by atoms with Crippen LogP contribution in [0, 0.1) is 11.8 Å². The molecular formula is C9H8FN5O. The Hall–Kier alpha value is -2.20. The van der Waals surface area contributed by atoms with Gasteiger partial charge in [0.15, 0.2) is 11.5 Å². The van der Waals surface area contributed by atoms with Gasteiger partial charge in [-0.2, -0.15) is 0 Å². The Balaban J connectivity index is 2.50. The van der Waals surface area contributed by atoms with Gasteiger partial charge in [0.05, 0.1) is 0 Å². The number of hydrogen-bond acceptors (Lipinski definition) is 5. The topological polar surface area (TPSA) is 89.9 Å². The monoisotopic (exact) mass is 221 g/mol. The number of imidazole rings is 1. The van der Waals surface area contributed by atoms with E-state index >= 15 is 0 Å². The average molecular weight is 221 g/mol. The van der Waals surface area contributed by atoms with Crippen molar-refractivity contribution in [3.8, 4) is 11.8 Å². The fourth-order valence-electron chi connectivity index (χ4n) is 1.24. The van der Waals surface area contributed by atoms with Crippen molar-refractivity contribution in [3.05, 3.63) is 12.7 Å². The molecule has 0 spiro atoms. The van der Waals surface area contributed by atoms with Gasteiger partial charge in [-0.3, -0.25) is 4.57 Å². The smallest absolute Gasteiger partial charge is 0.240 e. The number of nitrogen functional groups attached to an aromatic ring is 1. The van der Waals surface area contributed by atoms with E-state index in [2.05, 4.69) is 26.8 Å². The first-order valence-electron chi connectivity index (χ1n) is 4.40. The molecule has 2 heterocycles. The van der Waals surface area contributed by atoms with Gasteiger partial charge in [-0.05, 0) is 5.92 Å². The summed E-state index contributed by atoms with van der Waals surface area (Å²) in [5.41, 5.74) is 6.14. The summed E-state index contributed by atoms with van der Waals surface area (Å²) in [7, 11) is 0. The zero-order chi connectivity index (χ0) is 11.5. The molecule has 0 amide bonds. The number of aromatic nitrogens is 4. The molecule has 0 saturated carbocycles. The predicted octanol–water partition coefficient (Wildman–Crippen LogP) is -0.128. The Morgan fingerprint density at radius 1 is 1.50 bits per heavy atom. The third-order valence-corrected chi connectivity index (χ3v) is 1.93. The Labute approximate surface area is 89.9 Å². The molecule has 2 rings (SSSR count). The van der Waals surface area contributed by atoms with Gasteiger partial charge in [0.2, 0.25) is 6.30 Å². The Morgan fingerprint density at radius 3 is 3.06 bits per heavy atom. The molecule has 16 heavy (non-hydrogen) atoms. The number of anilines is 1. The van der Waals surface area contributed by atoms with Gasteiger partial charge in [0.25, 0.3) is 0 Å². The van der Waals surface area contributed by atoms with Crippen LogP contribution in [0.5, 0.6) is 0 Å². The molecule has 1 unspecified atom stereocenters. The summed E-state index contributed by atoms with van der Waals surface area (Å²) in [5, 5.41) is 8.46. The molecule has 2 aromatic rings. The molecule has 6 nitrogen and oxygen atoms in total. The first-order chi connectivity index (χ1) is 7.74. The highest BCUT2D eigenvalue weighted by molar-refractivity contribution is 5.81. The molecule has 0 aromatic carbocycles. The van der Waals surface area contributed by atoms with E-state index in [1.165, 1.54) is 12.7 Å². The van der Waals surface area contributed by atoms with Crippen LogP contribution in [0.4, 0.5) is 10.2 Å². The van der Waals surface area contributed by atoms with Crippen LogP contribution in [0.15, 0.2) is 12.7 Å². The van der Waals surface area contributed by atoms with Crippen molar-refractivity contribution in [1.82, 2.24) is 19.5 Å². The molecule has 3 N–H and O–H groups in total. The molecular weight excluding hydrogens is 213 g/mol. The molecule has 0 fully saturated rings. The lowest BCUT2D eigenvalue weighted by atomic mass is 10.5. The minimum atomic E-state index is -1.62. The van der Waals surface area contributed by atoms with Crippen LogP contribution >= 0.6 is 0 Å². The van der Waals surface area contributed by atoms with Crippen molar-refractivity contribution >= 4 is 17.0 Å². The molecule has 0 aliphatic carbocycles. The van der Waals surface area contributed by atoms with Gasteiger partial charge in [-0.25, -0.2) is 19.3 Å². The molecule has 0 bridgehead atoms.